The molecule has 5 heteroatoms. The number of carbonyl (C=O) groups excluding carboxylic acids is 1. The van der Waals surface area contributed by atoms with Crippen LogP contribution in [0.2, 0.25) is 0 Å². The van der Waals surface area contributed by atoms with Crippen LogP contribution >= 0.6 is 0 Å². The summed E-state index contributed by atoms with van der Waals surface area (Å²) < 4.78 is 15.8. The number of aromatic nitrogens is 1. The first-order chi connectivity index (χ1) is 4.74. The van der Waals surface area contributed by atoms with Crippen molar-refractivity contribution < 1.29 is 18.7 Å². The maximum Gasteiger partial charge on any atom is 0.416 e. The van der Waals surface area contributed by atoms with Crippen LogP contribution in [0.3, 0.4) is 0 Å². The molecule has 0 saturated carbocycles. The lowest BCUT2D eigenvalue weighted by molar-refractivity contribution is -0.0812. The topological polar surface area (TPSA) is 52.3 Å². The van der Waals surface area contributed by atoms with Crippen molar-refractivity contribution in [3.05, 3.63) is 17.8 Å². The SMILES string of the molecule is Cc1ncc(C(=O)OF)o1. The molecule has 0 fully saturated rings. The number of hydrogen-bond donors (Lipinski definition) is 0. The molecule has 0 aromatic carbocycles. The average molecular weight is 145 g/mol. The molecule has 1 heterocycles. The lowest BCUT2D eigenvalue weighted by Crippen LogP contribution is -1.95. The smallest absolute Gasteiger partial charge is 0.416 e. The van der Waals surface area contributed by atoms with Crippen molar-refractivity contribution in [1.29, 1.82) is 0 Å². The van der Waals surface area contributed by atoms with Crippen LogP contribution in [0.15, 0.2) is 10.6 Å². The van der Waals surface area contributed by atoms with Gasteiger partial charge in [0, 0.05) is 11.4 Å². The van der Waals surface area contributed by atoms with Crippen LogP contribution in [0.4, 0.5) is 4.53 Å². The molecule has 1 aromatic rings. The normalized spacial score (nSPS) is 9.40. The van der Waals surface area contributed by atoms with E-state index in [1.165, 1.54) is 6.92 Å². The number of aryl methyl sites for hydroxylation is 1. The van der Waals surface area contributed by atoms with E-state index in [9.17, 15) is 9.32 Å². The molecule has 54 valence electrons. The first-order valence-corrected chi connectivity index (χ1v) is 2.49. The average Bonchev–Trinajstić information content (AvgIpc) is 2.34. The highest BCUT2D eigenvalue weighted by atomic mass is 19.3. The van der Waals surface area contributed by atoms with E-state index < -0.39 is 5.97 Å². The Balaban J connectivity index is 2.85. The largest absolute Gasteiger partial charge is 0.434 e. The zero-order valence-corrected chi connectivity index (χ0v) is 5.13. The lowest BCUT2D eigenvalue weighted by Gasteiger charge is -1.83. The molecule has 0 saturated heterocycles. The predicted molar refractivity (Wildman–Crippen MR) is 27.8 cm³/mol. The predicted octanol–water partition coefficient (Wildman–Crippen LogP) is 1.02. The van der Waals surface area contributed by atoms with Gasteiger partial charge in [-0.05, 0) is 0 Å². The summed E-state index contributed by atoms with van der Waals surface area (Å²) in [5, 5.41) is 0. The van der Waals surface area contributed by atoms with Crippen LogP contribution in [0.1, 0.15) is 16.4 Å². The van der Waals surface area contributed by atoms with Gasteiger partial charge in [-0.15, -0.1) is 0 Å². The number of oxazole rings is 1. The van der Waals surface area contributed by atoms with Gasteiger partial charge in [-0.25, -0.2) is 14.7 Å². The molecule has 0 bridgehead atoms. The van der Waals surface area contributed by atoms with Gasteiger partial charge in [-0.2, -0.15) is 0 Å². The Morgan fingerprint density at radius 2 is 2.60 bits per heavy atom. The Labute approximate surface area is 55.5 Å². The first-order valence-electron chi connectivity index (χ1n) is 2.49. The van der Waals surface area contributed by atoms with Crippen LogP contribution < -0.4 is 0 Å². The number of nitrogens with zero attached hydrogens (tertiary/aromatic N) is 1. The molecule has 0 aliphatic carbocycles. The summed E-state index contributed by atoms with van der Waals surface area (Å²) in [7, 11) is 0. The maximum atomic E-state index is 11.1. The van der Waals surface area contributed by atoms with Crippen molar-refractivity contribution in [2.45, 2.75) is 6.92 Å². The van der Waals surface area contributed by atoms with Gasteiger partial charge >= 0.3 is 5.97 Å². The van der Waals surface area contributed by atoms with Crippen molar-refractivity contribution in [1.82, 2.24) is 4.98 Å². The van der Waals surface area contributed by atoms with Gasteiger partial charge in [-0.1, -0.05) is 0 Å². The molecule has 4 nitrogen and oxygen atoms in total. The summed E-state index contributed by atoms with van der Waals surface area (Å²) in [4.78, 5) is 16.7. The molecule has 0 atom stereocenters. The Morgan fingerprint density at radius 3 is 3.00 bits per heavy atom. The van der Waals surface area contributed by atoms with Gasteiger partial charge in [0.25, 0.3) is 0 Å². The Kier molecular flexibility index (Phi) is 1.66. The van der Waals surface area contributed by atoms with Gasteiger partial charge in [0.2, 0.25) is 5.76 Å². The van der Waals surface area contributed by atoms with Crippen molar-refractivity contribution in [3.63, 3.8) is 0 Å². The summed E-state index contributed by atoms with van der Waals surface area (Å²) in [5.74, 6) is -1.11. The second-order valence-corrected chi connectivity index (χ2v) is 1.61. The Bertz CT molecular complexity index is 245. The van der Waals surface area contributed by atoms with E-state index in [0.29, 0.717) is 5.89 Å². The third-order valence-corrected chi connectivity index (χ3v) is 0.893. The fourth-order valence-corrected chi connectivity index (χ4v) is 0.494. The number of rotatable bonds is 1. The number of halogens is 1. The van der Waals surface area contributed by atoms with Crippen LogP contribution in [0.5, 0.6) is 0 Å². The molecular formula is C5H4FNO3. The second kappa shape index (κ2) is 2.47. The fraction of sp³-hybridized carbons (Fsp3) is 0.200. The molecule has 10 heavy (non-hydrogen) atoms. The van der Waals surface area contributed by atoms with E-state index in [4.69, 9.17) is 0 Å². The van der Waals surface area contributed by atoms with Crippen molar-refractivity contribution >= 4 is 5.97 Å². The number of hydrogen-bond acceptors (Lipinski definition) is 4. The van der Waals surface area contributed by atoms with Gasteiger partial charge in [0.05, 0.1) is 6.20 Å². The van der Waals surface area contributed by atoms with E-state index in [2.05, 4.69) is 14.3 Å². The van der Waals surface area contributed by atoms with E-state index in [-0.39, 0.29) is 5.76 Å². The highest BCUT2D eigenvalue weighted by Gasteiger charge is 2.12. The lowest BCUT2D eigenvalue weighted by atomic mass is 10.5. The molecular weight excluding hydrogens is 141 g/mol. The van der Waals surface area contributed by atoms with Crippen LogP contribution in [-0.4, -0.2) is 11.0 Å². The summed E-state index contributed by atoms with van der Waals surface area (Å²) in [6, 6.07) is 0. The van der Waals surface area contributed by atoms with Crippen molar-refractivity contribution in [2.24, 2.45) is 0 Å². The van der Waals surface area contributed by atoms with Crippen LogP contribution in [0, 0.1) is 6.92 Å². The van der Waals surface area contributed by atoms with Crippen molar-refractivity contribution in [2.75, 3.05) is 0 Å². The Morgan fingerprint density at radius 1 is 1.90 bits per heavy atom. The monoisotopic (exact) mass is 145 g/mol. The minimum absolute atomic E-state index is 0.236. The first kappa shape index (κ1) is 6.73. The Hall–Kier alpha value is -1.39. The molecule has 1 aromatic heterocycles. The van der Waals surface area contributed by atoms with Crippen LogP contribution in [-0.2, 0) is 4.94 Å². The molecule has 0 N–H and O–H groups in total. The maximum absolute atomic E-state index is 11.1. The standard InChI is InChI=1S/C5H4FNO3/c1-3-7-2-4(9-3)5(8)10-6/h2H,1H3. The second-order valence-electron chi connectivity index (χ2n) is 1.61. The van der Waals surface area contributed by atoms with E-state index in [1.807, 2.05) is 0 Å². The molecule has 0 radical (unpaired) electrons. The van der Waals surface area contributed by atoms with E-state index >= 15 is 0 Å². The highest BCUT2D eigenvalue weighted by molar-refractivity contribution is 5.85. The molecule has 1 rings (SSSR count). The van der Waals surface area contributed by atoms with E-state index in [0.717, 1.165) is 6.20 Å². The van der Waals surface area contributed by atoms with Gasteiger partial charge in [0.1, 0.15) is 0 Å². The quantitative estimate of drug-likeness (QED) is 0.592. The van der Waals surface area contributed by atoms with Crippen LogP contribution in [0.25, 0.3) is 0 Å². The summed E-state index contributed by atoms with van der Waals surface area (Å²) >= 11 is 0. The summed E-state index contributed by atoms with van der Waals surface area (Å²) in [6.45, 7) is 1.54. The highest BCUT2D eigenvalue weighted by Crippen LogP contribution is 2.03. The molecule has 0 aliphatic heterocycles. The molecule has 0 unspecified atom stereocenters. The minimum Gasteiger partial charge on any atom is -0.434 e. The van der Waals surface area contributed by atoms with E-state index in [1.54, 1.807) is 0 Å². The fourth-order valence-electron chi connectivity index (χ4n) is 0.494. The number of carbonyl (C=O) groups is 1. The molecule has 0 spiro atoms. The summed E-state index contributed by atoms with van der Waals surface area (Å²) in [6.07, 6.45) is 1.09. The van der Waals surface area contributed by atoms with Gasteiger partial charge in [0.15, 0.2) is 5.89 Å². The third kappa shape index (κ3) is 1.12. The summed E-state index contributed by atoms with van der Waals surface area (Å²) in [5.41, 5.74) is 0. The zero-order chi connectivity index (χ0) is 7.56. The molecule has 0 amide bonds. The molecule has 0 aliphatic rings. The van der Waals surface area contributed by atoms with Gasteiger partial charge in [-0.3, -0.25) is 0 Å². The minimum atomic E-state index is -1.17. The van der Waals surface area contributed by atoms with Crippen molar-refractivity contribution in [3.8, 4) is 0 Å². The third-order valence-electron chi connectivity index (χ3n) is 0.893. The zero-order valence-electron chi connectivity index (χ0n) is 5.13. The van der Waals surface area contributed by atoms with Gasteiger partial charge < -0.3 is 4.42 Å².